The predicted molar refractivity (Wildman–Crippen MR) is 82.1 cm³/mol. The molecular weight excluding hydrogens is 266 g/mol. The molecule has 1 amide bonds. The summed E-state index contributed by atoms with van der Waals surface area (Å²) in [5.41, 5.74) is 2.15. The van der Waals surface area contributed by atoms with Gasteiger partial charge in [-0.05, 0) is 37.5 Å². The third-order valence-electron chi connectivity index (χ3n) is 3.81. The zero-order valence-electron chi connectivity index (χ0n) is 12.8. The van der Waals surface area contributed by atoms with Gasteiger partial charge in [0.15, 0.2) is 0 Å². The number of carbonyl (C=O) groups is 2. The van der Waals surface area contributed by atoms with Crippen LogP contribution in [-0.2, 0) is 20.7 Å². The van der Waals surface area contributed by atoms with Crippen molar-refractivity contribution in [2.24, 2.45) is 5.92 Å². The summed E-state index contributed by atoms with van der Waals surface area (Å²) in [7, 11) is 0. The van der Waals surface area contributed by atoms with Gasteiger partial charge < -0.3 is 9.64 Å². The molecule has 2 rings (SSSR count). The molecule has 0 N–H and O–H groups in total. The van der Waals surface area contributed by atoms with Gasteiger partial charge in [-0.2, -0.15) is 0 Å². The van der Waals surface area contributed by atoms with E-state index in [4.69, 9.17) is 4.74 Å². The van der Waals surface area contributed by atoms with Crippen molar-refractivity contribution in [1.29, 1.82) is 0 Å². The van der Waals surface area contributed by atoms with Gasteiger partial charge in [-0.3, -0.25) is 9.59 Å². The standard InChI is InChI=1S/C17H23NO3/c1-3-5-6-13-7-9-15(10-8-13)18-12-14(11-16(18)19)17(20)21-4-2/h7-10,14H,3-6,11-12H2,1-2H3/t14-/m1/s1. The van der Waals surface area contributed by atoms with Gasteiger partial charge in [-0.15, -0.1) is 0 Å². The van der Waals surface area contributed by atoms with Crippen LogP contribution in [0.4, 0.5) is 5.69 Å². The number of hydrogen-bond acceptors (Lipinski definition) is 3. The van der Waals surface area contributed by atoms with E-state index in [0.29, 0.717) is 13.2 Å². The molecule has 1 saturated heterocycles. The molecule has 1 atom stereocenters. The van der Waals surface area contributed by atoms with Crippen LogP contribution in [0.3, 0.4) is 0 Å². The average molecular weight is 289 g/mol. The fourth-order valence-electron chi connectivity index (χ4n) is 2.60. The van der Waals surface area contributed by atoms with E-state index in [2.05, 4.69) is 19.1 Å². The van der Waals surface area contributed by atoms with Gasteiger partial charge in [-0.1, -0.05) is 25.5 Å². The number of unbranched alkanes of at least 4 members (excludes halogenated alkanes) is 1. The van der Waals surface area contributed by atoms with E-state index < -0.39 is 0 Å². The quantitative estimate of drug-likeness (QED) is 0.756. The lowest BCUT2D eigenvalue weighted by molar-refractivity contribution is -0.147. The summed E-state index contributed by atoms with van der Waals surface area (Å²) in [6.45, 7) is 4.73. The monoisotopic (exact) mass is 289 g/mol. The van der Waals surface area contributed by atoms with Crippen molar-refractivity contribution >= 4 is 17.6 Å². The Hall–Kier alpha value is -1.84. The first kappa shape index (κ1) is 15.5. The van der Waals surface area contributed by atoms with Crippen LogP contribution in [0.15, 0.2) is 24.3 Å². The Labute approximate surface area is 126 Å². The van der Waals surface area contributed by atoms with Crippen molar-refractivity contribution in [2.75, 3.05) is 18.1 Å². The van der Waals surface area contributed by atoms with Crippen LogP contribution in [0.2, 0.25) is 0 Å². The lowest BCUT2D eigenvalue weighted by atomic mass is 10.1. The second kappa shape index (κ2) is 7.25. The van der Waals surface area contributed by atoms with Crippen LogP contribution < -0.4 is 4.90 Å². The SMILES string of the molecule is CCCCc1ccc(N2C[C@H](C(=O)OCC)CC2=O)cc1. The van der Waals surface area contributed by atoms with Crippen molar-refractivity contribution < 1.29 is 14.3 Å². The van der Waals surface area contributed by atoms with E-state index >= 15 is 0 Å². The Kier molecular flexibility index (Phi) is 5.37. The number of carbonyl (C=O) groups excluding carboxylic acids is 2. The zero-order valence-corrected chi connectivity index (χ0v) is 12.8. The van der Waals surface area contributed by atoms with Crippen molar-refractivity contribution in [3.63, 3.8) is 0 Å². The number of ether oxygens (including phenoxy) is 1. The third-order valence-corrected chi connectivity index (χ3v) is 3.81. The molecule has 0 aromatic heterocycles. The van der Waals surface area contributed by atoms with E-state index in [1.165, 1.54) is 18.4 Å². The highest BCUT2D eigenvalue weighted by Gasteiger charge is 2.35. The van der Waals surface area contributed by atoms with Crippen molar-refractivity contribution in [3.05, 3.63) is 29.8 Å². The summed E-state index contributed by atoms with van der Waals surface area (Å²) >= 11 is 0. The molecule has 114 valence electrons. The lowest BCUT2D eigenvalue weighted by Crippen LogP contribution is -2.26. The molecular formula is C17H23NO3. The van der Waals surface area contributed by atoms with Gasteiger partial charge in [-0.25, -0.2) is 0 Å². The maximum atomic E-state index is 12.1. The molecule has 4 heteroatoms. The van der Waals surface area contributed by atoms with Gasteiger partial charge in [0, 0.05) is 18.7 Å². The fraction of sp³-hybridized carbons (Fsp3) is 0.529. The molecule has 0 saturated carbocycles. The summed E-state index contributed by atoms with van der Waals surface area (Å²) < 4.78 is 5.00. The minimum absolute atomic E-state index is 0.00522. The summed E-state index contributed by atoms with van der Waals surface area (Å²) in [6, 6.07) is 8.07. The maximum absolute atomic E-state index is 12.1. The minimum Gasteiger partial charge on any atom is -0.466 e. The molecule has 1 fully saturated rings. The van der Waals surface area contributed by atoms with Crippen LogP contribution in [0, 0.1) is 5.92 Å². The van der Waals surface area contributed by atoms with Crippen LogP contribution in [0.1, 0.15) is 38.7 Å². The van der Waals surface area contributed by atoms with Crippen LogP contribution in [0.5, 0.6) is 0 Å². The van der Waals surface area contributed by atoms with Crippen LogP contribution in [-0.4, -0.2) is 25.0 Å². The van der Waals surface area contributed by atoms with E-state index in [1.807, 2.05) is 12.1 Å². The zero-order chi connectivity index (χ0) is 15.2. The second-order valence-corrected chi connectivity index (χ2v) is 5.43. The first-order chi connectivity index (χ1) is 10.2. The molecule has 1 aromatic rings. The number of esters is 1. The Bertz CT molecular complexity index is 495. The number of nitrogens with zero attached hydrogens (tertiary/aromatic N) is 1. The Morgan fingerprint density at radius 2 is 2.00 bits per heavy atom. The van der Waals surface area contributed by atoms with Crippen molar-refractivity contribution in [1.82, 2.24) is 0 Å². The minimum atomic E-state index is -0.336. The van der Waals surface area contributed by atoms with Gasteiger partial charge in [0.1, 0.15) is 0 Å². The molecule has 0 radical (unpaired) electrons. The van der Waals surface area contributed by atoms with Gasteiger partial charge in [0.05, 0.1) is 12.5 Å². The predicted octanol–water partition coefficient (Wildman–Crippen LogP) is 2.95. The third kappa shape index (κ3) is 3.84. The molecule has 1 aliphatic rings. The number of rotatable bonds is 6. The largest absolute Gasteiger partial charge is 0.466 e. The Morgan fingerprint density at radius 1 is 1.29 bits per heavy atom. The number of amides is 1. The first-order valence-electron chi connectivity index (χ1n) is 7.71. The molecule has 21 heavy (non-hydrogen) atoms. The number of aryl methyl sites for hydroxylation is 1. The Morgan fingerprint density at radius 3 is 2.62 bits per heavy atom. The molecule has 0 bridgehead atoms. The van der Waals surface area contributed by atoms with Crippen molar-refractivity contribution in [3.8, 4) is 0 Å². The topological polar surface area (TPSA) is 46.6 Å². The van der Waals surface area contributed by atoms with E-state index in [-0.39, 0.29) is 24.2 Å². The normalized spacial score (nSPS) is 18.1. The molecule has 0 aliphatic carbocycles. The van der Waals surface area contributed by atoms with Gasteiger partial charge >= 0.3 is 5.97 Å². The molecule has 1 aliphatic heterocycles. The van der Waals surface area contributed by atoms with Crippen molar-refractivity contribution in [2.45, 2.75) is 39.5 Å². The number of hydrogen-bond donors (Lipinski definition) is 0. The smallest absolute Gasteiger partial charge is 0.311 e. The molecule has 0 unspecified atom stereocenters. The molecule has 1 heterocycles. The summed E-state index contributed by atoms with van der Waals surface area (Å²) in [4.78, 5) is 25.5. The number of anilines is 1. The summed E-state index contributed by atoms with van der Waals surface area (Å²) in [5.74, 6) is -0.612. The molecule has 4 nitrogen and oxygen atoms in total. The maximum Gasteiger partial charge on any atom is 0.311 e. The highest BCUT2D eigenvalue weighted by atomic mass is 16.5. The number of benzene rings is 1. The van der Waals surface area contributed by atoms with Crippen LogP contribution >= 0.6 is 0 Å². The van der Waals surface area contributed by atoms with Gasteiger partial charge in [0.25, 0.3) is 0 Å². The summed E-state index contributed by atoms with van der Waals surface area (Å²) in [6.07, 6.45) is 3.66. The molecule has 0 spiro atoms. The lowest BCUT2D eigenvalue weighted by Gasteiger charge is -2.17. The second-order valence-electron chi connectivity index (χ2n) is 5.43. The van der Waals surface area contributed by atoms with E-state index in [9.17, 15) is 9.59 Å². The van der Waals surface area contributed by atoms with Crippen LogP contribution in [0.25, 0.3) is 0 Å². The van der Waals surface area contributed by atoms with E-state index in [0.717, 1.165) is 12.1 Å². The van der Waals surface area contributed by atoms with Gasteiger partial charge in [0.2, 0.25) is 5.91 Å². The fourth-order valence-corrected chi connectivity index (χ4v) is 2.60. The Balaban J connectivity index is 2.01. The average Bonchev–Trinajstić information content (AvgIpc) is 2.88. The summed E-state index contributed by atoms with van der Waals surface area (Å²) in [5, 5.41) is 0. The first-order valence-corrected chi connectivity index (χ1v) is 7.71. The highest BCUT2D eigenvalue weighted by Crippen LogP contribution is 2.26. The molecule has 1 aromatic carbocycles. The van der Waals surface area contributed by atoms with E-state index in [1.54, 1.807) is 11.8 Å². The highest BCUT2D eigenvalue weighted by molar-refractivity contribution is 5.99.